The average molecular weight is 268 g/mol. The van der Waals surface area contributed by atoms with E-state index in [9.17, 15) is 18.0 Å². The van der Waals surface area contributed by atoms with Crippen LogP contribution in [0.15, 0.2) is 17.0 Å². The second kappa shape index (κ2) is 4.75. The van der Waals surface area contributed by atoms with Crippen molar-refractivity contribution in [2.75, 3.05) is 0 Å². The molecule has 86 valence electrons. The third kappa shape index (κ3) is 2.85. The first-order valence-corrected chi connectivity index (χ1v) is 6.68. The molecule has 9 heteroatoms. The van der Waals surface area contributed by atoms with Crippen molar-refractivity contribution in [3.05, 3.63) is 23.3 Å². The first-order chi connectivity index (χ1) is 7.66. The Morgan fingerprint density at radius 1 is 1.12 bits per heavy atom. The molecular weight excluding hydrogens is 263 g/mol. The fraction of sp³-hybridized carbons (Fsp3) is 0. The third-order valence-electron chi connectivity index (χ3n) is 2.06. The molecule has 1 rings (SSSR count). The summed E-state index contributed by atoms with van der Waals surface area (Å²) >= 11 is 0.149. The summed E-state index contributed by atoms with van der Waals surface area (Å²) in [6, 6.07) is 2.17. The molecule has 3 N–H and O–H groups in total. The van der Waals surface area contributed by atoms with E-state index < -0.39 is 38.1 Å². The standard InChI is InChI=1S/C8H5O7S.Na/c9-7(10)4-2-1-3-5(16(13,14)15)6(4)8(11)12;/h1-2H,(H,9,10)(H,11,12)(H,13,14,15);. The summed E-state index contributed by atoms with van der Waals surface area (Å²) in [5.41, 5.74) is -1.59. The van der Waals surface area contributed by atoms with E-state index in [2.05, 4.69) is 0 Å². The van der Waals surface area contributed by atoms with E-state index in [0.717, 1.165) is 6.07 Å². The summed E-state index contributed by atoms with van der Waals surface area (Å²) in [5.74, 6) is -3.29. The van der Waals surface area contributed by atoms with Crippen molar-refractivity contribution < 1.29 is 32.8 Å². The van der Waals surface area contributed by atoms with Gasteiger partial charge in [-0.15, -0.1) is 0 Å². The van der Waals surface area contributed by atoms with Crippen LogP contribution in [0.2, 0.25) is 0 Å². The van der Waals surface area contributed by atoms with Crippen molar-refractivity contribution in [3.63, 3.8) is 0 Å². The van der Waals surface area contributed by atoms with Gasteiger partial charge in [-0.05, 0) is 0 Å². The number of hydrogen-bond acceptors (Lipinski definition) is 4. The van der Waals surface area contributed by atoms with Gasteiger partial charge in [-0.25, -0.2) is 0 Å². The van der Waals surface area contributed by atoms with E-state index in [4.69, 9.17) is 14.8 Å². The Hall–Kier alpha value is -0.930. The van der Waals surface area contributed by atoms with Crippen molar-refractivity contribution >= 4 is 52.8 Å². The SMILES string of the molecule is O=C(O)c1cc[c]([Na])c(S(=O)(=O)O)c1C(=O)O. The van der Waals surface area contributed by atoms with Gasteiger partial charge >= 0.3 is 114 Å². The van der Waals surface area contributed by atoms with E-state index in [0.29, 0.717) is 0 Å². The number of carbonyl (C=O) groups is 2. The molecule has 0 aromatic heterocycles. The van der Waals surface area contributed by atoms with Crippen LogP contribution in [0.1, 0.15) is 20.7 Å². The van der Waals surface area contributed by atoms with E-state index in [1.807, 2.05) is 0 Å². The molecule has 0 unspecified atom stereocenters. The second-order valence-electron chi connectivity index (χ2n) is 3.22. The van der Waals surface area contributed by atoms with E-state index in [-0.39, 0.29) is 30.7 Å². The number of hydrogen-bond donors (Lipinski definition) is 3. The van der Waals surface area contributed by atoms with Crippen LogP contribution >= 0.6 is 0 Å². The van der Waals surface area contributed by atoms with Gasteiger partial charge in [0, 0.05) is 0 Å². The van der Waals surface area contributed by atoms with E-state index >= 15 is 0 Å². The third-order valence-corrected chi connectivity index (χ3v) is 4.29. The minimum absolute atomic E-state index is 0.0925. The molecule has 0 radical (unpaired) electrons. The topological polar surface area (TPSA) is 129 Å². The average Bonchev–Trinajstić information content (AvgIpc) is 2.14. The maximum atomic E-state index is 11.1. The number of aromatic carboxylic acids is 2. The molecule has 0 bridgehead atoms. The van der Waals surface area contributed by atoms with Gasteiger partial charge in [0.1, 0.15) is 0 Å². The Balaban J connectivity index is 3.86. The predicted molar refractivity (Wildman–Crippen MR) is 55.6 cm³/mol. The molecule has 1 aromatic rings. The van der Waals surface area contributed by atoms with E-state index in [1.54, 1.807) is 0 Å². The molecule has 0 amide bonds. The van der Waals surface area contributed by atoms with Crippen LogP contribution < -0.4 is 2.81 Å². The maximum absolute atomic E-state index is 11.1. The Morgan fingerprint density at radius 2 is 1.65 bits per heavy atom. The van der Waals surface area contributed by atoms with Crippen LogP contribution in [0, 0.1) is 0 Å². The quantitative estimate of drug-likeness (QED) is 0.479. The molecule has 0 fully saturated rings. The zero-order valence-electron chi connectivity index (χ0n) is 8.54. The molecule has 0 aliphatic carbocycles. The molecular formula is C8H5NaO7S. The molecule has 7 nitrogen and oxygen atoms in total. The van der Waals surface area contributed by atoms with Crippen molar-refractivity contribution in [2.24, 2.45) is 0 Å². The normalized spacial score (nSPS) is 11.2. The molecule has 0 spiro atoms. The Kier molecular flexibility index (Phi) is 3.95. The summed E-state index contributed by atoms with van der Waals surface area (Å²) in [6.45, 7) is 0. The van der Waals surface area contributed by atoms with Crippen LogP contribution in [-0.2, 0) is 10.1 Å². The fourth-order valence-electron chi connectivity index (χ4n) is 1.41. The van der Waals surface area contributed by atoms with Gasteiger partial charge in [0.05, 0.1) is 0 Å². The Labute approximate surface area is 113 Å². The van der Waals surface area contributed by atoms with Crippen LogP contribution in [0.5, 0.6) is 0 Å². The zero-order valence-corrected chi connectivity index (χ0v) is 11.4. The van der Waals surface area contributed by atoms with Gasteiger partial charge in [0.25, 0.3) is 0 Å². The minimum atomic E-state index is -4.77. The Bertz CT molecular complexity index is 605. The zero-order chi connectivity index (χ0) is 13.4. The molecule has 1 aromatic carbocycles. The summed E-state index contributed by atoms with van der Waals surface area (Å²) in [7, 11) is -4.77. The van der Waals surface area contributed by atoms with Crippen LogP contribution in [-0.4, -0.2) is 63.1 Å². The van der Waals surface area contributed by atoms with Crippen LogP contribution in [0.25, 0.3) is 0 Å². The Morgan fingerprint density at radius 3 is 2.00 bits per heavy atom. The first kappa shape index (κ1) is 14.1. The van der Waals surface area contributed by atoms with Gasteiger partial charge in [-0.2, -0.15) is 0 Å². The van der Waals surface area contributed by atoms with Crippen molar-refractivity contribution in [1.29, 1.82) is 0 Å². The van der Waals surface area contributed by atoms with Crippen molar-refractivity contribution in [1.82, 2.24) is 0 Å². The summed E-state index contributed by atoms with van der Waals surface area (Å²) in [4.78, 5) is 20.9. The van der Waals surface area contributed by atoms with Gasteiger partial charge in [-0.3, -0.25) is 0 Å². The summed E-state index contributed by atoms with van der Waals surface area (Å²) < 4.78 is 31.2. The number of benzene rings is 1. The monoisotopic (exact) mass is 268 g/mol. The first-order valence-electron chi connectivity index (χ1n) is 4.24. The molecule has 0 heterocycles. The number of carboxylic acid groups (broad SMARTS) is 2. The molecule has 0 aliphatic heterocycles. The van der Waals surface area contributed by atoms with Crippen molar-refractivity contribution in [3.8, 4) is 0 Å². The number of carboxylic acids is 2. The molecule has 0 atom stereocenters. The van der Waals surface area contributed by atoms with E-state index in [1.165, 1.54) is 6.07 Å². The molecule has 0 saturated heterocycles. The van der Waals surface area contributed by atoms with Gasteiger partial charge in [-0.1, -0.05) is 0 Å². The molecule has 17 heavy (non-hydrogen) atoms. The van der Waals surface area contributed by atoms with Crippen LogP contribution in [0.3, 0.4) is 0 Å². The molecule has 0 aliphatic rings. The van der Waals surface area contributed by atoms with Crippen molar-refractivity contribution in [2.45, 2.75) is 4.90 Å². The van der Waals surface area contributed by atoms with Gasteiger partial charge in [0.15, 0.2) is 0 Å². The second-order valence-corrected chi connectivity index (χ2v) is 5.66. The van der Waals surface area contributed by atoms with Gasteiger partial charge in [0.2, 0.25) is 0 Å². The number of rotatable bonds is 3. The van der Waals surface area contributed by atoms with Gasteiger partial charge < -0.3 is 0 Å². The predicted octanol–water partition coefficient (Wildman–Crippen LogP) is -0.876. The van der Waals surface area contributed by atoms with Crippen LogP contribution in [0.4, 0.5) is 0 Å². The summed E-state index contributed by atoms with van der Waals surface area (Å²) in [5, 5.41) is 17.6. The summed E-state index contributed by atoms with van der Waals surface area (Å²) in [6.07, 6.45) is 0. The molecule has 0 saturated carbocycles. The fourth-order valence-corrected chi connectivity index (χ4v) is 3.53.